The first-order valence-corrected chi connectivity index (χ1v) is 7.42. The van der Waals surface area contributed by atoms with Crippen LogP contribution in [-0.2, 0) is 0 Å². The van der Waals surface area contributed by atoms with Crippen molar-refractivity contribution in [2.75, 3.05) is 19.0 Å². The lowest BCUT2D eigenvalue weighted by Crippen LogP contribution is -2.06. The number of hydrogen-bond acceptors (Lipinski definition) is 6. The van der Waals surface area contributed by atoms with Gasteiger partial charge in [0.25, 0.3) is 0 Å². The van der Waals surface area contributed by atoms with Crippen LogP contribution in [0.4, 0.5) is 5.95 Å². The molecule has 1 aromatic carbocycles. The SMILES string of the molecule is CCCOc1nc(NC)nc(Oc2ccc(Br)cc2C)n1. The lowest BCUT2D eigenvalue weighted by atomic mass is 10.2. The standard InChI is InChI=1S/C14H17BrN4O2/c1-4-7-20-13-17-12(16-3)18-14(19-13)21-11-6-5-10(15)8-9(11)2/h5-6,8H,4,7H2,1-3H3,(H,16,17,18,19). The topological polar surface area (TPSA) is 69.2 Å². The van der Waals surface area contributed by atoms with E-state index >= 15 is 0 Å². The molecule has 112 valence electrons. The Morgan fingerprint density at radius 1 is 1.19 bits per heavy atom. The van der Waals surface area contributed by atoms with Gasteiger partial charge in [-0.25, -0.2) is 0 Å². The van der Waals surface area contributed by atoms with E-state index in [2.05, 4.69) is 36.2 Å². The van der Waals surface area contributed by atoms with Gasteiger partial charge in [0.2, 0.25) is 5.95 Å². The van der Waals surface area contributed by atoms with Gasteiger partial charge in [-0.15, -0.1) is 4.98 Å². The van der Waals surface area contributed by atoms with Crippen LogP contribution in [0.5, 0.6) is 17.8 Å². The zero-order valence-electron chi connectivity index (χ0n) is 12.2. The second-order valence-corrected chi connectivity index (χ2v) is 5.25. The number of halogens is 1. The summed E-state index contributed by atoms with van der Waals surface area (Å²) in [6.45, 7) is 4.52. The normalized spacial score (nSPS) is 10.3. The Labute approximate surface area is 132 Å². The molecule has 0 aliphatic heterocycles. The molecule has 0 aliphatic carbocycles. The highest BCUT2D eigenvalue weighted by Gasteiger charge is 2.10. The number of rotatable bonds is 6. The van der Waals surface area contributed by atoms with Crippen LogP contribution in [0, 0.1) is 6.92 Å². The van der Waals surface area contributed by atoms with E-state index in [1.54, 1.807) is 7.05 Å². The Bertz CT molecular complexity index is 622. The van der Waals surface area contributed by atoms with Crippen LogP contribution in [0.1, 0.15) is 18.9 Å². The molecule has 7 heteroatoms. The maximum Gasteiger partial charge on any atom is 0.330 e. The van der Waals surface area contributed by atoms with Crippen LogP contribution in [0.2, 0.25) is 0 Å². The van der Waals surface area contributed by atoms with Crippen molar-refractivity contribution in [1.29, 1.82) is 0 Å². The summed E-state index contributed by atoms with van der Waals surface area (Å²) in [7, 11) is 1.73. The summed E-state index contributed by atoms with van der Waals surface area (Å²) in [6.07, 6.45) is 0.878. The molecule has 0 atom stereocenters. The van der Waals surface area contributed by atoms with Gasteiger partial charge in [-0.1, -0.05) is 22.9 Å². The average molecular weight is 353 g/mol. The molecular weight excluding hydrogens is 336 g/mol. The van der Waals surface area contributed by atoms with Crippen molar-refractivity contribution in [3.63, 3.8) is 0 Å². The molecule has 1 N–H and O–H groups in total. The number of nitrogens with one attached hydrogen (secondary N) is 1. The van der Waals surface area contributed by atoms with Crippen LogP contribution in [-0.4, -0.2) is 28.6 Å². The highest BCUT2D eigenvalue weighted by atomic mass is 79.9. The lowest BCUT2D eigenvalue weighted by Gasteiger charge is -2.10. The van der Waals surface area contributed by atoms with Crippen molar-refractivity contribution in [3.05, 3.63) is 28.2 Å². The summed E-state index contributed by atoms with van der Waals surface area (Å²) in [4.78, 5) is 12.5. The van der Waals surface area contributed by atoms with E-state index in [0.29, 0.717) is 18.3 Å². The summed E-state index contributed by atoms with van der Waals surface area (Å²) in [5, 5.41) is 2.86. The van der Waals surface area contributed by atoms with Gasteiger partial charge in [-0.3, -0.25) is 0 Å². The van der Waals surface area contributed by atoms with Gasteiger partial charge in [0.15, 0.2) is 0 Å². The van der Waals surface area contributed by atoms with E-state index in [0.717, 1.165) is 16.5 Å². The molecule has 2 aromatic rings. The minimum atomic E-state index is 0.200. The fraction of sp³-hybridized carbons (Fsp3) is 0.357. The molecule has 0 bridgehead atoms. The van der Waals surface area contributed by atoms with Crippen LogP contribution in [0.25, 0.3) is 0 Å². The lowest BCUT2D eigenvalue weighted by molar-refractivity contribution is 0.285. The Hall–Kier alpha value is -1.89. The second kappa shape index (κ2) is 7.21. The van der Waals surface area contributed by atoms with E-state index in [1.165, 1.54) is 0 Å². The molecule has 0 amide bonds. The zero-order valence-corrected chi connectivity index (χ0v) is 13.8. The molecule has 21 heavy (non-hydrogen) atoms. The first-order valence-electron chi connectivity index (χ1n) is 6.63. The molecule has 0 fully saturated rings. The highest BCUT2D eigenvalue weighted by molar-refractivity contribution is 9.10. The predicted molar refractivity (Wildman–Crippen MR) is 84.1 cm³/mol. The van der Waals surface area contributed by atoms with Crippen LogP contribution in [0.3, 0.4) is 0 Å². The second-order valence-electron chi connectivity index (χ2n) is 4.33. The summed E-state index contributed by atoms with van der Waals surface area (Å²) in [5.74, 6) is 1.09. The molecule has 1 heterocycles. The van der Waals surface area contributed by atoms with Crippen molar-refractivity contribution >= 4 is 21.9 Å². The van der Waals surface area contributed by atoms with E-state index in [1.807, 2.05) is 32.0 Å². The summed E-state index contributed by atoms with van der Waals surface area (Å²) in [6, 6.07) is 6.17. The van der Waals surface area contributed by atoms with Crippen LogP contribution in [0.15, 0.2) is 22.7 Å². The Kier molecular flexibility index (Phi) is 5.32. The maximum absolute atomic E-state index is 5.72. The van der Waals surface area contributed by atoms with Crippen molar-refractivity contribution < 1.29 is 9.47 Å². The van der Waals surface area contributed by atoms with E-state index in [-0.39, 0.29) is 12.0 Å². The molecule has 0 saturated heterocycles. The smallest absolute Gasteiger partial charge is 0.330 e. The first-order chi connectivity index (χ1) is 10.1. The summed E-state index contributed by atoms with van der Waals surface area (Å²) < 4.78 is 12.2. The number of anilines is 1. The minimum absolute atomic E-state index is 0.200. The maximum atomic E-state index is 5.72. The Balaban J connectivity index is 2.25. The summed E-state index contributed by atoms with van der Waals surface area (Å²) >= 11 is 3.42. The largest absolute Gasteiger partial charge is 0.463 e. The van der Waals surface area contributed by atoms with Gasteiger partial charge in [-0.05, 0) is 37.1 Å². The fourth-order valence-corrected chi connectivity index (χ4v) is 2.05. The number of aromatic nitrogens is 3. The molecule has 0 aliphatic rings. The van der Waals surface area contributed by atoms with E-state index < -0.39 is 0 Å². The third-order valence-corrected chi connectivity index (χ3v) is 3.08. The fourth-order valence-electron chi connectivity index (χ4n) is 1.58. The molecule has 0 spiro atoms. The monoisotopic (exact) mass is 352 g/mol. The van der Waals surface area contributed by atoms with E-state index in [9.17, 15) is 0 Å². The van der Waals surface area contributed by atoms with Crippen molar-refractivity contribution in [2.45, 2.75) is 20.3 Å². The van der Waals surface area contributed by atoms with E-state index in [4.69, 9.17) is 9.47 Å². The number of hydrogen-bond donors (Lipinski definition) is 1. The highest BCUT2D eigenvalue weighted by Crippen LogP contribution is 2.26. The van der Waals surface area contributed by atoms with Gasteiger partial charge >= 0.3 is 12.0 Å². The molecule has 6 nitrogen and oxygen atoms in total. The van der Waals surface area contributed by atoms with Crippen LogP contribution < -0.4 is 14.8 Å². The molecule has 1 aromatic heterocycles. The summed E-state index contributed by atoms with van der Waals surface area (Å²) in [5.41, 5.74) is 0.979. The predicted octanol–water partition coefficient (Wildman–Crippen LogP) is 3.57. The molecule has 0 radical (unpaired) electrons. The number of ether oxygens (including phenoxy) is 2. The van der Waals surface area contributed by atoms with Gasteiger partial charge in [0.1, 0.15) is 5.75 Å². The minimum Gasteiger partial charge on any atom is -0.463 e. The van der Waals surface area contributed by atoms with Crippen LogP contribution >= 0.6 is 15.9 Å². The third-order valence-electron chi connectivity index (χ3n) is 2.59. The molecule has 2 rings (SSSR count). The van der Waals surface area contributed by atoms with Gasteiger partial charge < -0.3 is 14.8 Å². The van der Waals surface area contributed by atoms with Gasteiger partial charge in [-0.2, -0.15) is 9.97 Å². The Morgan fingerprint density at radius 3 is 2.62 bits per heavy atom. The average Bonchev–Trinajstić information content (AvgIpc) is 2.48. The van der Waals surface area contributed by atoms with Gasteiger partial charge in [0.05, 0.1) is 6.61 Å². The van der Waals surface area contributed by atoms with Crippen molar-refractivity contribution in [3.8, 4) is 17.8 Å². The first kappa shape index (κ1) is 15.5. The molecule has 0 unspecified atom stereocenters. The van der Waals surface area contributed by atoms with Crippen molar-refractivity contribution in [2.24, 2.45) is 0 Å². The zero-order chi connectivity index (χ0) is 15.2. The number of benzene rings is 1. The number of aryl methyl sites for hydroxylation is 1. The molecular formula is C14H17BrN4O2. The van der Waals surface area contributed by atoms with Gasteiger partial charge in [0, 0.05) is 11.5 Å². The van der Waals surface area contributed by atoms with Crippen molar-refractivity contribution in [1.82, 2.24) is 15.0 Å². The number of nitrogens with zero attached hydrogens (tertiary/aromatic N) is 3. The quantitative estimate of drug-likeness (QED) is 0.856. The molecule has 0 saturated carbocycles. The third kappa shape index (κ3) is 4.29. The Morgan fingerprint density at radius 2 is 1.95 bits per heavy atom.